The Bertz CT molecular complexity index is 1100. The maximum absolute atomic E-state index is 13.4. The van der Waals surface area contributed by atoms with Gasteiger partial charge in [-0.15, -0.1) is 0 Å². The van der Waals surface area contributed by atoms with Gasteiger partial charge in [-0.1, -0.05) is 11.6 Å². The highest BCUT2D eigenvalue weighted by Crippen LogP contribution is 2.25. The zero-order chi connectivity index (χ0) is 22.9. The Morgan fingerprint density at radius 2 is 1.81 bits per heavy atom. The molecule has 0 bridgehead atoms. The van der Waals surface area contributed by atoms with Crippen molar-refractivity contribution < 1.29 is 26.8 Å². The van der Waals surface area contributed by atoms with Gasteiger partial charge in [-0.3, -0.25) is 9.59 Å². The molecule has 3 heterocycles. The molecule has 2 aliphatic heterocycles. The summed E-state index contributed by atoms with van der Waals surface area (Å²) in [5.74, 6) is -1.00. The lowest BCUT2D eigenvalue weighted by molar-refractivity contribution is -0.138. The van der Waals surface area contributed by atoms with Gasteiger partial charge in [0.25, 0.3) is 5.91 Å². The minimum absolute atomic E-state index is 0.0915. The standard InChI is InChI=1S/C21H23ClFN3O5S/c22-16-14-15(6-7-17(16)23)32(29,30)25-11-9-24(10-12-25)20(27)18-4-1-2-8-26(18)21(28)19-5-3-13-31-19/h3,5-7,13-14,18H,1-2,4,8-12H2. The molecule has 4 rings (SSSR count). The van der Waals surface area contributed by atoms with Crippen molar-refractivity contribution in [2.45, 2.75) is 30.2 Å². The van der Waals surface area contributed by atoms with Gasteiger partial charge in [0.2, 0.25) is 15.9 Å². The highest BCUT2D eigenvalue weighted by Gasteiger charge is 2.38. The lowest BCUT2D eigenvalue weighted by Crippen LogP contribution is -2.57. The minimum Gasteiger partial charge on any atom is -0.459 e. The van der Waals surface area contributed by atoms with Gasteiger partial charge in [0.1, 0.15) is 11.9 Å². The van der Waals surface area contributed by atoms with Crippen LogP contribution in [0.5, 0.6) is 0 Å². The number of hydrogen-bond donors (Lipinski definition) is 0. The summed E-state index contributed by atoms with van der Waals surface area (Å²) in [6.07, 6.45) is 3.61. The van der Waals surface area contributed by atoms with E-state index in [1.54, 1.807) is 21.9 Å². The van der Waals surface area contributed by atoms with Crippen LogP contribution in [0.3, 0.4) is 0 Å². The first-order chi connectivity index (χ1) is 15.3. The molecule has 32 heavy (non-hydrogen) atoms. The molecule has 11 heteroatoms. The van der Waals surface area contributed by atoms with Crippen molar-refractivity contribution in [1.29, 1.82) is 0 Å². The molecule has 2 amide bonds. The minimum atomic E-state index is -3.86. The van der Waals surface area contributed by atoms with Gasteiger partial charge in [0.15, 0.2) is 5.76 Å². The topological polar surface area (TPSA) is 91.1 Å². The summed E-state index contributed by atoms with van der Waals surface area (Å²) < 4.78 is 45.6. The summed E-state index contributed by atoms with van der Waals surface area (Å²) >= 11 is 5.74. The second-order valence-corrected chi connectivity index (χ2v) is 10.1. The molecule has 0 radical (unpaired) electrons. The van der Waals surface area contributed by atoms with Crippen LogP contribution in [-0.2, 0) is 14.8 Å². The van der Waals surface area contributed by atoms with E-state index in [2.05, 4.69) is 0 Å². The molecule has 0 spiro atoms. The zero-order valence-electron chi connectivity index (χ0n) is 17.2. The van der Waals surface area contributed by atoms with Crippen molar-refractivity contribution in [2.75, 3.05) is 32.7 Å². The third-order valence-electron chi connectivity index (χ3n) is 5.86. The normalized spacial score (nSPS) is 20.4. The first-order valence-corrected chi connectivity index (χ1v) is 12.2. The monoisotopic (exact) mass is 483 g/mol. The molecular weight excluding hydrogens is 461 g/mol. The SMILES string of the molecule is O=C(C1CCCCN1C(=O)c1ccco1)N1CCN(S(=O)(=O)c2ccc(F)c(Cl)c2)CC1. The van der Waals surface area contributed by atoms with Crippen LogP contribution >= 0.6 is 11.6 Å². The van der Waals surface area contributed by atoms with E-state index in [0.717, 1.165) is 25.0 Å². The van der Waals surface area contributed by atoms with Crippen LogP contribution in [-0.4, -0.2) is 73.1 Å². The summed E-state index contributed by atoms with van der Waals surface area (Å²) in [6, 6.07) is 5.88. The van der Waals surface area contributed by atoms with E-state index in [-0.39, 0.29) is 53.7 Å². The van der Waals surface area contributed by atoms with Crippen molar-refractivity contribution in [3.8, 4) is 0 Å². The van der Waals surface area contributed by atoms with Crippen LogP contribution in [0.4, 0.5) is 4.39 Å². The third kappa shape index (κ3) is 4.39. The molecule has 1 unspecified atom stereocenters. The molecule has 1 aromatic heterocycles. The summed E-state index contributed by atoms with van der Waals surface area (Å²) in [7, 11) is -3.86. The molecule has 0 aliphatic carbocycles. The molecule has 1 atom stereocenters. The molecule has 2 aliphatic rings. The molecule has 0 N–H and O–H groups in total. The Morgan fingerprint density at radius 1 is 1.06 bits per heavy atom. The van der Waals surface area contributed by atoms with Crippen LogP contribution in [0.1, 0.15) is 29.8 Å². The van der Waals surface area contributed by atoms with E-state index in [1.807, 2.05) is 0 Å². The van der Waals surface area contributed by atoms with Gasteiger partial charge >= 0.3 is 0 Å². The number of carbonyl (C=O) groups excluding carboxylic acids is 2. The number of furan rings is 1. The van der Waals surface area contributed by atoms with E-state index in [9.17, 15) is 22.4 Å². The Morgan fingerprint density at radius 3 is 2.47 bits per heavy atom. The number of halogens is 2. The van der Waals surface area contributed by atoms with Crippen LogP contribution in [0, 0.1) is 5.82 Å². The fourth-order valence-corrected chi connectivity index (χ4v) is 5.81. The largest absolute Gasteiger partial charge is 0.459 e. The Hall–Kier alpha value is -2.43. The third-order valence-corrected chi connectivity index (χ3v) is 8.04. The number of sulfonamides is 1. The maximum atomic E-state index is 13.4. The van der Waals surface area contributed by atoms with Crippen LogP contribution in [0.15, 0.2) is 45.9 Å². The summed E-state index contributed by atoms with van der Waals surface area (Å²) in [5.41, 5.74) is 0. The van der Waals surface area contributed by atoms with Crippen LogP contribution in [0.2, 0.25) is 5.02 Å². The number of carbonyl (C=O) groups is 2. The number of rotatable bonds is 4. The second-order valence-electron chi connectivity index (χ2n) is 7.79. The van der Waals surface area contributed by atoms with Crippen LogP contribution < -0.4 is 0 Å². The zero-order valence-corrected chi connectivity index (χ0v) is 18.8. The highest BCUT2D eigenvalue weighted by molar-refractivity contribution is 7.89. The van der Waals surface area contributed by atoms with Gasteiger partial charge < -0.3 is 14.2 Å². The number of piperidine rings is 1. The first kappa shape index (κ1) is 22.8. The van der Waals surface area contributed by atoms with Crippen molar-refractivity contribution in [3.63, 3.8) is 0 Å². The number of amides is 2. The van der Waals surface area contributed by atoms with Crippen molar-refractivity contribution in [2.24, 2.45) is 0 Å². The Kier molecular flexibility index (Phi) is 6.55. The second kappa shape index (κ2) is 9.21. The number of piperazine rings is 1. The average Bonchev–Trinajstić information content (AvgIpc) is 3.35. The maximum Gasteiger partial charge on any atom is 0.290 e. The number of nitrogens with zero attached hydrogens (tertiary/aromatic N) is 3. The van der Waals surface area contributed by atoms with E-state index < -0.39 is 21.9 Å². The first-order valence-electron chi connectivity index (χ1n) is 10.4. The summed E-state index contributed by atoms with van der Waals surface area (Å²) in [4.78, 5) is 29.1. The van der Waals surface area contributed by atoms with Gasteiger partial charge in [0, 0.05) is 32.7 Å². The molecule has 2 aromatic rings. The lowest BCUT2D eigenvalue weighted by Gasteiger charge is -2.40. The molecule has 2 saturated heterocycles. The molecule has 0 saturated carbocycles. The molecular formula is C21H23ClFN3O5S. The Balaban J connectivity index is 1.43. The lowest BCUT2D eigenvalue weighted by atomic mass is 10.00. The van der Waals surface area contributed by atoms with Gasteiger partial charge in [-0.2, -0.15) is 4.31 Å². The summed E-state index contributed by atoms with van der Waals surface area (Å²) in [6.45, 7) is 1.07. The highest BCUT2D eigenvalue weighted by atomic mass is 35.5. The smallest absolute Gasteiger partial charge is 0.290 e. The molecule has 8 nitrogen and oxygen atoms in total. The van der Waals surface area contributed by atoms with E-state index in [0.29, 0.717) is 13.0 Å². The van der Waals surface area contributed by atoms with Crippen molar-refractivity contribution >= 4 is 33.4 Å². The van der Waals surface area contributed by atoms with E-state index in [4.69, 9.17) is 16.0 Å². The number of hydrogen-bond acceptors (Lipinski definition) is 5. The molecule has 172 valence electrons. The molecule has 1 aromatic carbocycles. The van der Waals surface area contributed by atoms with Gasteiger partial charge in [-0.05, 0) is 49.6 Å². The van der Waals surface area contributed by atoms with E-state index >= 15 is 0 Å². The quantitative estimate of drug-likeness (QED) is 0.666. The number of likely N-dealkylation sites (tertiary alicyclic amines) is 1. The summed E-state index contributed by atoms with van der Waals surface area (Å²) in [5, 5.41) is -0.265. The van der Waals surface area contributed by atoms with Crippen molar-refractivity contribution in [3.05, 3.63) is 53.2 Å². The number of benzene rings is 1. The van der Waals surface area contributed by atoms with Gasteiger partial charge in [0.05, 0.1) is 16.2 Å². The van der Waals surface area contributed by atoms with Crippen LogP contribution in [0.25, 0.3) is 0 Å². The van der Waals surface area contributed by atoms with E-state index in [1.165, 1.54) is 16.6 Å². The fourth-order valence-electron chi connectivity index (χ4n) is 4.12. The predicted octanol–water partition coefficient (Wildman–Crippen LogP) is 2.60. The fraction of sp³-hybridized carbons (Fsp3) is 0.429. The molecule has 2 fully saturated rings. The van der Waals surface area contributed by atoms with Gasteiger partial charge in [-0.25, -0.2) is 12.8 Å². The predicted molar refractivity (Wildman–Crippen MR) is 114 cm³/mol. The Labute approximate surface area is 190 Å². The average molecular weight is 484 g/mol. The van der Waals surface area contributed by atoms with Crippen molar-refractivity contribution in [1.82, 2.24) is 14.1 Å².